The van der Waals surface area contributed by atoms with Crippen LogP contribution in [0.15, 0.2) is 24.3 Å². The van der Waals surface area contributed by atoms with Crippen molar-refractivity contribution in [3.05, 3.63) is 29.8 Å². The van der Waals surface area contributed by atoms with Crippen molar-refractivity contribution in [1.29, 1.82) is 0 Å². The van der Waals surface area contributed by atoms with Gasteiger partial charge in [-0.1, -0.05) is 18.2 Å². The van der Waals surface area contributed by atoms with Crippen LogP contribution in [0.3, 0.4) is 0 Å². The van der Waals surface area contributed by atoms with Gasteiger partial charge in [-0.15, -0.1) is 0 Å². The summed E-state index contributed by atoms with van der Waals surface area (Å²) >= 11 is 0. The van der Waals surface area contributed by atoms with E-state index in [0.29, 0.717) is 5.69 Å². The highest BCUT2D eigenvalue weighted by molar-refractivity contribution is 7.55. The zero-order valence-electron chi connectivity index (χ0n) is 10.5. The Morgan fingerprint density at radius 1 is 1.33 bits per heavy atom. The van der Waals surface area contributed by atoms with E-state index in [2.05, 4.69) is 0 Å². The van der Waals surface area contributed by atoms with E-state index in [1.54, 1.807) is 30.2 Å². The Bertz CT molecular complexity index is 521. The van der Waals surface area contributed by atoms with Crippen LogP contribution < -0.4 is 4.90 Å². The Balaban J connectivity index is 2.48. The summed E-state index contributed by atoms with van der Waals surface area (Å²) in [6.45, 7) is 0. The van der Waals surface area contributed by atoms with E-state index >= 15 is 0 Å². The van der Waals surface area contributed by atoms with E-state index in [4.69, 9.17) is 9.05 Å². The molecule has 6 heteroatoms. The molecule has 2 rings (SSSR count). The fourth-order valence-corrected chi connectivity index (χ4v) is 3.54. The number of aromatic hydroxyl groups is 1. The number of phenolic OH excluding ortho intramolecular Hbond substituents is 1. The van der Waals surface area contributed by atoms with E-state index in [-0.39, 0.29) is 5.75 Å². The minimum absolute atomic E-state index is 0.142. The van der Waals surface area contributed by atoms with Crippen LogP contribution in [0.5, 0.6) is 5.75 Å². The van der Waals surface area contributed by atoms with Crippen molar-refractivity contribution < 1.29 is 18.7 Å². The topological polar surface area (TPSA) is 59.0 Å². The molecule has 1 aromatic rings. The molecule has 1 heterocycles. The van der Waals surface area contributed by atoms with Gasteiger partial charge in [-0.3, -0.25) is 4.57 Å². The molecule has 1 aliphatic rings. The van der Waals surface area contributed by atoms with Crippen molar-refractivity contribution in [1.82, 2.24) is 0 Å². The Morgan fingerprint density at radius 2 is 2.00 bits per heavy atom. The number of para-hydroxylation sites is 1. The molecule has 1 aliphatic heterocycles. The number of benzene rings is 1. The number of hydrogen-bond acceptors (Lipinski definition) is 5. The standard InChI is InChI=1S/C12H16NO4P/c1-13-11(18(15,16-2)17-3)8-7-9-5-4-6-10(14)12(9)13/h4-8,11,14H,1-3H3. The summed E-state index contributed by atoms with van der Waals surface area (Å²) in [7, 11) is 1.19. The van der Waals surface area contributed by atoms with Gasteiger partial charge in [-0.2, -0.15) is 0 Å². The predicted molar refractivity (Wildman–Crippen MR) is 71.0 cm³/mol. The summed E-state index contributed by atoms with van der Waals surface area (Å²) in [6, 6.07) is 5.23. The Kier molecular flexibility index (Phi) is 3.48. The zero-order valence-corrected chi connectivity index (χ0v) is 11.4. The van der Waals surface area contributed by atoms with Crippen molar-refractivity contribution in [3.8, 4) is 5.75 Å². The van der Waals surface area contributed by atoms with Crippen molar-refractivity contribution in [2.45, 2.75) is 5.78 Å². The summed E-state index contributed by atoms with van der Waals surface area (Å²) in [5.74, 6) is -0.406. The molecule has 1 aromatic carbocycles. The third-order valence-corrected chi connectivity index (χ3v) is 5.26. The van der Waals surface area contributed by atoms with Crippen LogP contribution in [0.2, 0.25) is 0 Å². The summed E-state index contributed by atoms with van der Waals surface area (Å²) in [4.78, 5) is 1.71. The Labute approximate surface area is 106 Å². The van der Waals surface area contributed by atoms with Gasteiger partial charge in [0.25, 0.3) is 0 Å². The lowest BCUT2D eigenvalue weighted by molar-refractivity contribution is 0.269. The lowest BCUT2D eigenvalue weighted by Crippen LogP contribution is -2.33. The molecule has 0 fully saturated rings. The van der Waals surface area contributed by atoms with Crippen molar-refractivity contribution in [2.75, 3.05) is 26.2 Å². The average Bonchev–Trinajstić information content (AvgIpc) is 2.38. The number of hydrogen-bond donors (Lipinski definition) is 1. The van der Waals surface area contributed by atoms with Gasteiger partial charge in [0.1, 0.15) is 5.75 Å². The molecular formula is C12H16NO4P. The van der Waals surface area contributed by atoms with Gasteiger partial charge in [0, 0.05) is 26.8 Å². The highest BCUT2D eigenvalue weighted by Crippen LogP contribution is 2.56. The smallest absolute Gasteiger partial charge is 0.356 e. The molecule has 0 saturated carbocycles. The van der Waals surface area contributed by atoms with Crippen LogP contribution >= 0.6 is 7.60 Å². The predicted octanol–water partition coefficient (Wildman–Crippen LogP) is 2.67. The molecule has 0 aliphatic carbocycles. The summed E-state index contributed by atoms with van der Waals surface area (Å²) in [6.07, 6.45) is 3.57. The fourth-order valence-electron chi connectivity index (χ4n) is 2.13. The number of fused-ring (bicyclic) bond motifs is 1. The second-order valence-corrected chi connectivity index (χ2v) is 6.34. The second-order valence-electron chi connectivity index (χ2n) is 4.00. The van der Waals surface area contributed by atoms with E-state index < -0.39 is 13.4 Å². The van der Waals surface area contributed by atoms with Crippen LogP contribution in [0.4, 0.5) is 5.69 Å². The molecule has 1 unspecified atom stereocenters. The second kappa shape index (κ2) is 4.76. The maximum absolute atomic E-state index is 12.4. The monoisotopic (exact) mass is 269 g/mol. The normalized spacial score (nSPS) is 18.8. The first-order chi connectivity index (χ1) is 8.53. The van der Waals surface area contributed by atoms with Crippen LogP contribution in [0.25, 0.3) is 6.08 Å². The molecule has 0 spiro atoms. The summed E-state index contributed by atoms with van der Waals surface area (Å²) in [5.41, 5.74) is 1.49. The van der Waals surface area contributed by atoms with Crippen LogP contribution in [0, 0.1) is 0 Å². The van der Waals surface area contributed by atoms with E-state index in [9.17, 15) is 9.67 Å². The molecule has 98 valence electrons. The van der Waals surface area contributed by atoms with Gasteiger partial charge in [0.15, 0.2) is 5.78 Å². The van der Waals surface area contributed by atoms with Crippen molar-refractivity contribution in [3.63, 3.8) is 0 Å². The minimum Gasteiger partial charge on any atom is -0.506 e. The lowest BCUT2D eigenvalue weighted by Gasteiger charge is -2.35. The first kappa shape index (κ1) is 13.1. The maximum atomic E-state index is 12.4. The first-order valence-electron chi connectivity index (χ1n) is 5.47. The van der Waals surface area contributed by atoms with E-state index in [0.717, 1.165) is 5.56 Å². The van der Waals surface area contributed by atoms with Crippen molar-refractivity contribution in [2.24, 2.45) is 0 Å². The third kappa shape index (κ3) is 1.94. The lowest BCUT2D eigenvalue weighted by atomic mass is 10.1. The van der Waals surface area contributed by atoms with Gasteiger partial charge in [-0.05, 0) is 12.1 Å². The molecule has 1 atom stereocenters. The largest absolute Gasteiger partial charge is 0.506 e. The highest BCUT2D eigenvalue weighted by Gasteiger charge is 2.38. The van der Waals surface area contributed by atoms with Gasteiger partial charge in [0.2, 0.25) is 0 Å². The quantitative estimate of drug-likeness (QED) is 0.855. The number of phenols is 1. The average molecular weight is 269 g/mol. The minimum atomic E-state index is -3.26. The Morgan fingerprint density at radius 3 is 2.61 bits per heavy atom. The van der Waals surface area contributed by atoms with Gasteiger partial charge >= 0.3 is 7.60 Å². The molecule has 0 aromatic heterocycles. The first-order valence-corrected chi connectivity index (χ1v) is 7.09. The van der Waals surface area contributed by atoms with E-state index in [1.807, 2.05) is 12.1 Å². The molecule has 0 amide bonds. The van der Waals surface area contributed by atoms with Crippen LogP contribution in [0.1, 0.15) is 5.56 Å². The molecule has 5 nitrogen and oxygen atoms in total. The molecule has 0 bridgehead atoms. The summed E-state index contributed by atoms with van der Waals surface area (Å²) in [5, 5.41) is 9.91. The molecule has 1 N–H and O–H groups in total. The van der Waals surface area contributed by atoms with Gasteiger partial charge in [0.05, 0.1) is 5.69 Å². The third-order valence-electron chi connectivity index (χ3n) is 3.08. The number of likely N-dealkylation sites (N-methyl/N-ethyl adjacent to an activating group) is 1. The van der Waals surface area contributed by atoms with Crippen molar-refractivity contribution >= 4 is 19.4 Å². The fraction of sp³-hybridized carbons (Fsp3) is 0.333. The van der Waals surface area contributed by atoms with E-state index in [1.165, 1.54) is 14.2 Å². The van der Waals surface area contributed by atoms with Crippen LogP contribution in [-0.4, -0.2) is 32.2 Å². The Hall–Kier alpha value is -1.29. The SMILES string of the molecule is COP(=O)(OC)C1C=Cc2cccc(O)c2N1C. The van der Waals surface area contributed by atoms with Gasteiger partial charge in [-0.25, -0.2) is 0 Å². The number of nitrogens with zero attached hydrogens (tertiary/aromatic N) is 1. The molecule has 0 saturated heterocycles. The molecule has 18 heavy (non-hydrogen) atoms. The maximum Gasteiger partial charge on any atom is 0.356 e. The van der Waals surface area contributed by atoms with Crippen LogP contribution in [-0.2, 0) is 13.6 Å². The zero-order chi connectivity index (χ0) is 13.3. The van der Waals surface area contributed by atoms with Gasteiger partial charge < -0.3 is 19.1 Å². The summed E-state index contributed by atoms with van der Waals surface area (Å²) < 4.78 is 22.4. The number of rotatable bonds is 3. The molecule has 0 radical (unpaired) electrons. The number of anilines is 1. The highest BCUT2D eigenvalue weighted by atomic mass is 31.2. The molecular weight excluding hydrogens is 253 g/mol.